The topological polar surface area (TPSA) is 0 Å². The molecule has 0 aliphatic carbocycles. The van der Waals surface area contributed by atoms with Gasteiger partial charge in [0.05, 0.1) is 0 Å². The second-order valence-electron chi connectivity index (χ2n) is 3.80. The third kappa shape index (κ3) is 2.69. The standard InChI is InChI=1S/C14H16S/c1-2-12(11-14-9-6-10-15-14)13-7-4-3-5-8-13/h3-10,12H,2,11H2,1H3. The molecule has 0 fully saturated rings. The highest BCUT2D eigenvalue weighted by Crippen LogP contribution is 2.25. The van der Waals surface area contributed by atoms with E-state index in [9.17, 15) is 0 Å². The molecule has 1 heterocycles. The molecule has 1 heteroatoms. The fourth-order valence-corrected chi connectivity index (χ4v) is 2.68. The Balaban J connectivity index is 2.12. The Morgan fingerprint density at radius 2 is 1.87 bits per heavy atom. The van der Waals surface area contributed by atoms with Gasteiger partial charge in [-0.15, -0.1) is 11.3 Å². The Labute approximate surface area is 95.6 Å². The Hall–Kier alpha value is -1.08. The number of hydrogen-bond donors (Lipinski definition) is 0. The van der Waals surface area contributed by atoms with E-state index in [0.717, 1.165) is 0 Å². The highest BCUT2D eigenvalue weighted by atomic mass is 32.1. The zero-order valence-corrected chi connectivity index (χ0v) is 9.84. The summed E-state index contributed by atoms with van der Waals surface area (Å²) < 4.78 is 0. The highest BCUT2D eigenvalue weighted by Gasteiger charge is 2.09. The van der Waals surface area contributed by atoms with Crippen LogP contribution < -0.4 is 0 Å². The van der Waals surface area contributed by atoms with Crippen molar-refractivity contribution in [3.63, 3.8) is 0 Å². The van der Waals surface area contributed by atoms with Gasteiger partial charge >= 0.3 is 0 Å². The molecule has 2 aromatic rings. The maximum Gasteiger partial charge on any atom is 0.00512 e. The van der Waals surface area contributed by atoms with E-state index < -0.39 is 0 Å². The zero-order chi connectivity index (χ0) is 10.5. The lowest BCUT2D eigenvalue weighted by Crippen LogP contribution is -1.99. The third-order valence-electron chi connectivity index (χ3n) is 2.79. The van der Waals surface area contributed by atoms with Gasteiger partial charge in [0.25, 0.3) is 0 Å². The van der Waals surface area contributed by atoms with Crippen LogP contribution in [0.3, 0.4) is 0 Å². The van der Waals surface area contributed by atoms with E-state index in [4.69, 9.17) is 0 Å². The fraction of sp³-hybridized carbons (Fsp3) is 0.286. The first-order valence-corrected chi connectivity index (χ1v) is 6.35. The molecule has 0 saturated carbocycles. The second kappa shape index (κ2) is 5.13. The minimum absolute atomic E-state index is 0.671. The number of hydrogen-bond acceptors (Lipinski definition) is 1. The number of thiophene rings is 1. The largest absolute Gasteiger partial charge is 0.149 e. The van der Waals surface area contributed by atoms with Gasteiger partial charge in [0.2, 0.25) is 0 Å². The van der Waals surface area contributed by atoms with E-state index in [1.165, 1.54) is 23.3 Å². The summed E-state index contributed by atoms with van der Waals surface area (Å²) in [7, 11) is 0. The van der Waals surface area contributed by atoms with E-state index in [0.29, 0.717) is 5.92 Å². The molecule has 15 heavy (non-hydrogen) atoms. The van der Waals surface area contributed by atoms with Crippen molar-refractivity contribution in [1.29, 1.82) is 0 Å². The van der Waals surface area contributed by atoms with Crippen molar-refractivity contribution in [2.24, 2.45) is 0 Å². The monoisotopic (exact) mass is 216 g/mol. The summed E-state index contributed by atoms with van der Waals surface area (Å²) in [6.45, 7) is 2.27. The summed E-state index contributed by atoms with van der Waals surface area (Å²) in [5.74, 6) is 0.671. The average molecular weight is 216 g/mol. The molecule has 0 nitrogen and oxygen atoms in total. The molecule has 2 rings (SSSR count). The SMILES string of the molecule is CCC(Cc1cccs1)c1ccccc1. The summed E-state index contributed by atoms with van der Waals surface area (Å²) in [5.41, 5.74) is 1.47. The van der Waals surface area contributed by atoms with Crippen LogP contribution in [0.2, 0.25) is 0 Å². The summed E-state index contributed by atoms with van der Waals surface area (Å²) >= 11 is 1.86. The van der Waals surface area contributed by atoms with E-state index >= 15 is 0 Å². The summed E-state index contributed by atoms with van der Waals surface area (Å²) in [5, 5.41) is 2.16. The molecule has 0 radical (unpaired) electrons. The Morgan fingerprint density at radius 1 is 1.07 bits per heavy atom. The van der Waals surface area contributed by atoms with Crippen molar-refractivity contribution < 1.29 is 0 Å². The quantitative estimate of drug-likeness (QED) is 0.706. The van der Waals surface area contributed by atoms with Crippen LogP contribution in [0.15, 0.2) is 47.8 Å². The first kappa shape index (κ1) is 10.4. The van der Waals surface area contributed by atoms with Gasteiger partial charge in [0, 0.05) is 4.88 Å². The van der Waals surface area contributed by atoms with Crippen LogP contribution in [0.25, 0.3) is 0 Å². The third-order valence-corrected chi connectivity index (χ3v) is 3.69. The molecular weight excluding hydrogens is 200 g/mol. The van der Waals surface area contributed by atoms with Crippen molar-refractivity contribution in [3.05, 3.63) is 58.3 Å². The van der Waals surface area contributed by atoms with Gasteiger partial charge in [0.15, 0.2) is 0 Å². The number of rotatable bonds is 4. The molecule has 0 aliphatic rings. The molecule has 78 valence electrons. The molecule has 1 aromatic heterocycles. The van der Waals surface area contributed by atoms with Gasteiger partial charge < -0.3 is 0 Å². The summed E-state index contributed by atoms with van der Waals surface area (Å²) in [6.07, 6.45) is 2.39. The van der Waals surface area contributed by atoms with Gasteiger partial charge in [-0.3, -0.25) is 0 Å². The minimum Gasteiger partial charge on any atom is -0.149 e. The van der Waals surface area contributed by atoms with Gasteiger partial charge in [-0.1, -0.05) is 43.3 Å². The van der Waals surface area contributed by atoms with Gasteiger partial charge in [0.1, 0.15) is 0 Å². The molecule has 0 spiro atoms. The molecule has 1 atom stereocenters. The smallest absolute Gasteiger partial charge is 0.00512 e. The van der Waals surface area contributed by atoms with Crippen LogP contribution in [0.4, 0.5) is 0 Å². The molecule has 1 aromatic carbocycles. The van der Waals surface area contributed by atoms with Crippen LogP contribution in [0, 0.1) is 0 Å². The van der Waals surface area contributed by atoms with Crippen molar-refractivity contribution in [1.82, 2.24) is 0 Å². The van der Waals surface area contributed by atoms with Gasteiger partial charge in [-0.25, -0.2) is 0 Å². The molecule has 0 saturated heterocycles. The lowest BCUT2D eigenvalue weighted by Gasteiger charge is -2.13. The maximum absolute atomic E-state index is 2.27. The fourth-order valence-electron chi connectivity index (χ4n) is 1.89. The maximum atomic E-state index is 2.27. The Bertz CT molecular complexity index is 375. The van der Waals surface area contributed by atoms with Crippen molar-refractivity contribution >= 4 is 11.3 Å². The Kier molecular flexibility index (Phi) is 3.57. The Morgan fingerprint density at radius 3 is 2.47 bits per heavy atom. The first-order valence-electron chi connectivity index (χ1n) is 5.47. The number of benzene rings is 1. The minimum atomic E-state index is 0.671. The summed E-state index contributed by atoms with van der Waals surface area (Å²) in [4.78, 5) is 1.49. The van der Waals surface area contributed by atoms with E-state index in [1.807, 2.05) is 11.3 Å². The first-order chi connectivity index (χ1) is 7.40. The van der Waals surface area contributed by atoms with Crippen LogP contribution in [-0.2, 0) is 6.42 Å². The van der Waals surface area contributed by atoms with E-state index in [-0.39, 0.29) is 0 Å². The van der Waals surface area contributed by atoms with Crippen molar-refractivity contribution in [2.45, 2.75) is 25.7 Å². The summed E-state index contributed by atoms with van der Waals surface area (Å²) in [6, 6.07) is 15.2. The second-order valence-corrected chi connectivity index (χ2v) is 4.83. The van der Waals surface area contributed by atoms with Crippen LogP contribution in [0.1, 0.15) is 29.7 Å². The van der Waals surface area contributed by atoms with Crippen LogP contribution >= 0.6 is 11.3 Å². The van der Waals surface area contributed by atoms with Gasteiger partial charge in [-0.2, -0.15) is 0 Å². The average Bonchev–Trinajstić information content (AvgIpc) is 2.80. The molecule has 0 bridgehead atoms. The zero-order valence-electron chi connectivity index (χ0n) is 9.02. The van der Waals surface area contributed by atoms with Crippen LogP contribution in [0.5, 0.6) is 0 Å². The lowest BCUT2D eigenvalue weighted by molar-refractivity contribution is 0.666. The van der Waals surface area contributed by atoms with Crippen molar-refractivity contribution in [2.75, 3.05) is 0 Å². The van der Waals surface area contributed by atoms with Gasteiger partial charge in [-0.05, 0) is 35.8 Å². The molecule has 1 unspecified atom stereocenters. The van der Waals surface area contributed by atoms with Crippen LogP contribution in [-0.4, -0.2) is 0 Å². The normalized spacial score (nSPS) is 12.6. The lowest BCUT2D eigenvalue weighted by atomic mass is 9.93. The predicted octanol–water partition coefficient (Wildman–Crippen LogP) is 4.48. The van der Waals surface area contributed by atoms with E-state index in [2.05, 4.69) is 54.8 Å². The molecule has 0 N–H and O–H groups in total. The molecule has 0 amide bonds. The predicted molar refractivity (Wildman–Crippen MR) is 67.5 cm³/mol. The van der Waals surface area contributed by atoms with Crippen molar-refractivity contribution in [3.8, 4) is 0 Å². The molecular formula is C14H16S. The molecule has 0 aliphatic heterocycles. The van der Waals surface area contributed by atoms with E-state index in [1.54, 1.807) is 0 Å². The highest BCUT2D eigenvalue weighted by molar-refractivity contribution is 7.09.